The lowest BCUT2D eigenvalue weighted by molar-refractivity contribution is 0.355. The van der Waals surface area contributed by atoms with E-state index in [4.69, 9.17) is 15.2 Å². The van der Waals surface area contributed by atoms with Crippen molar-refractivity contribution in [2.24, 2.45) is 0 Å². The van der Waals surface area contributed by atoms with Gasteiger partial charge in [-0.2, -0.15) is 0 Å². The maximum Gasteiger partial charge on any atom is 0.346 e. The number of ether oxygens (including phenoxy) is 2. The Balaban J connectivity index is 2.54. The maximum absolute atomic E-state index is 11.0. The summed E-state index contributed by atoms with van der Waals surface area (Å²) in [6.45, 7) is 0. The molecule has 2 aromatic rings. The zero-order valence-corrected chi connectivity index (χ0v) is 10.1. The van der Waals surface area contributed by atoms with Crippen LogP contribution in [0.25, 0.3) is 11.1 Å². The molecule has 0 fully saturated rings. The SMILES string of the molecule is COc1ccc(-c2cnc(=O)[nH]c2N)cc1OC. The highest BCUT2D eigenvalue weighted by molar-refractivity contribution is 5.74. The summed E-state index contributed by atoms with van der Waals surface area (Å²) in [6.07, 6.45) is 1.43. The normalized spacial score (nSPS) is 10.1. The number of nitrogens with one attached hydrogen (secondary N) is 1. The Morgan fingerprint density at radius 1 is 1.22 bits per heavy atom. The van der Waals surface area contributed by atoms with Crippen LogP contribution in [0.3, 0.4) is 0 Å². The highest BCUT2D eigenvalue weighted by Crippen LogP contribution is 2.33. The Kier molecular flexibility index (Phi) is 3.18. The van der Waals surface area contributed by atoms with Gasteiger partial charge in [-0.1, -0.05) is 6.07 Å². The van der Waals surface area contributed by atoms with E-state index in [9.17, 15) is 4.79 Å². The van der Waals surface area contributed by atoms with Gasteiger partial charge >= 0.3 is 5.69 Å². The molecule has 1 aromatic carbocycles. The van der Waals surface area contributed by atoms with Crippen LogP contribution in [0.2, 0.25) is 0 Å². The number of aromatic amines is 1. The van der Waals surface area contributed by atoms with E-state index >= 15 is 0 Å². The van der Waals surface area contributed by atoms with Gasteiger partial charge in [-0.25, -0.2) is 9.78 Å². The Morgan fingerprint density at radius 3 is 2.56 bits per heavy atom. The van der Waals surface area contributed by atoms with Gasteiger partial charge in [0.25, 0.3) is 0 Å². The first-order chi connectivity index (χ1) is 8.65. The van der Waals surface area contributed by atoms with E-state index in [0.29, 0.717) is 17.1 Å². The van der Waals surface area contributed by atoms with Gasteiger partial charge in [0, 0.05) is 11.8 Å². The quantitative estimate of drug-likeness (QED) is 0.845. The van der Waals surface area contributed by atoms with E-state index in [0.717, 1.165) is 5.56 Å². The first-order valence-corrected chi connectivity index (χ1v) is 5.23. The number of nitrogen functional groups attached to an aromatic ring is 1. The summed E-state index contributed by atoms with van der Waals surface area (Å²) < 4.78 is 10.4. The van der Waals surface area contributed by atoms with Crippen molar-refractivity contribution >= 4 is 5.82 Å². The average molecular weight is 247 g/mol. The van der Waals surface area contributed by atoms with Gasteiger partial charge in [-0.15, -0.1) is 0 Å². The Hall–Kier alpha value is -2.50. The van der Waals surface area contributed by atoms with Crippen molar-refractivity contribution in [2.45, 2.75) is 0 Å². The predicted molar refractivity (Wildman–Crippen MR) is 67.8 cm³/mol. The van der Waals surface area contributed by atoms with Gasteiger partial charge < -0.3 is 15.2 Å². The monoisotopic (exact) mass is 247 g/mol. The Morgan fingerprint density at radius 2 is 1.94 bits per heavy atom. The zero-order chi connectivity index (χ0) is 13.1. The van der Waals surface area contributed by atoms with Gasteiger partial charge in [0.2, 0.25) is 0 Å². The molecule has 0 saturated carbocycles. The molecule has 6 heteroatoms. The van der Waals surface area contributed by atoms with Crippen LogP contribution in [0.5, 0.6) is 11.5 Å². The van der Waals surface area contributed by atoms with Crippen LogP contribution in [-0.4, -0.2) is 24.2 Å². The predicted octanol–water partition coefficient (Wildman–Crippen LogP) is 1.04. The lowest BCUT2D eigenvalue weighted by Crippen LogP contribution is -2.12. The van der Waals surface area contributed by atoms with Gasteiger partial charge in [0.1, 0.15) is 5.82 Å². The number of rotatable bonds is 3. The number of benzene rings is 1. The van der Waals surface area contributed by atoms with Crippen LogP contribution in [0, 0.1) is 0 Å². The molecule has 1 aromatic heterocycles. The van der Waals surface area contributed by atoms with Crippen molar-refractivity contribution in [1.29, 1.82) is 0 Å². The molecule has 0 bridgehead atoms. The number of nitrogens with zero attached hydrogens (tertiary/aromatic N) is 1. The minimum absolute atomic E-state index is 0.266. The summed E-state index contributed by atoms with van der Waals surface area (Å²) in [5.41, 5.74) is 6.69. The first-order valence-electron chi connectivity index (χ1n) is 5.23. The molecule has 0 atom stereocenters. The Labute approximate surface area is 103 Å². The lowest BCUT2D eigenvalue weighted by atomic mass is 10.1. The molecule has 1 heterocycles. The minimum Gasteiger partial charge on any atom is -0.493 e. The third kappa shape index (κ3) is 2.13. The molecule has 18 heavy (non-hydrogen) atoms. The molecule has 0 aliphatic heterocycles. The highest BCUT2D eigenvalue weighted by Gasteiger charge is 2.09. The number of hydrogen-bond donors (Lipinski definition) is 2. The van der Waals surface area contributed by atoms with Crippen LogP contribution in [-0.2, 0) is 0 Å². The fraction of sp³-hybridized carbons (Fsp3) is 0.167. The standard InChI is InChI=1S/C12H13N3O3/c1-17-9-4-3-7(5-10(9)18-2)8-6-14-12(16)15-11(8)13/h3-6H,1-2H3,(H3,13,14,15,16). The second-order valence-electron chi connectivity index (χ2n) is 3.59. The van der Waals surface area contributed by atoms with Crippen LogP contribution in [0.15, 0.2) is 29.2 Å². The molecule has 94 valence electrons. The van der Waals surface area contributed by atoms with E-state index in [2.05, 4.69) is 9.97 Å². The summed E-state index contributed by atoms with van der Waals surface area (Å²) in [6, 6.07) is 5.34. The number of H-pyrrole nitrogens is 1. The second-order valence-corrected chi connectivity index (χ2v) is 3.59. The van der Waals surface area contributed by atoms with Gasteiger partial charge in [0.05, 0.1) is 14.2 Å². The van der Waals surface area contributed by atoms with Crippen molar-refractivity contribution in [2.75, 3.05) is 20.0 Å². The molecule has 0 radical (unpaired) electrons. The molecule has 6 nitrogen and oxygen atoms in total. The molecule has 0 aliphatic carbocycles. The molecule has 0 amide bonds. The molecule has 0 spiro atoms. The van der Waals surface area contributed by atoms with E-state index in [1.54, 1.807) is 26.4 Å². The third-order valence-corrected chi connectivity index (χ3v) is 2.54. The fourth-order valence-electron chi connectivity index (χ4n) is 1.64. The molecule has 0 saturated heterocycles. The van der Waals surface area contributed by atoms with Gasteiger partial charge in [0.15, 0.2) is 11.5 Å². The molecule has 0 unspecified atom stereocenters. The van der Waals surface area contributed by atoms with E-state index in [1.807, 2.05) is 6.07 Å². The van der Waals surface area contributed by atoms with Crippen molar-refractivity contribution in [3.8, 4) is 22.6 Å². The number of nitrogens with two attached hydrogens (primary N) is 1. The summed E-state index contributed by atoms with van der Waals surface area (Å²) in [5.74, 6) is 1.47. The first kappa shape index (κ1) is 12.0. The number of hydrogen-bond acceptors (Lipinski definition) is 5. The fourth-order valence-corrected chi connectivity index (χ4v) is 1.64. The zero-order valence-electron chi connectivity index (χ0n) is 10.1. The topological polar surface area (TPSA) is 90.2 Å². The molecular formula is C12H13N3O3. The second kappa shape index (κ2) is 4.79. The van der Waals surface area contributed by atoms with Crippen molar-refractivity contribution in [3.05, 3.63) is 34.9 Å². The smallest absolute Gasteiger partial charge is 0.346 e. The maximum atomic E-state index is 11.0. The average Bonchev–Trinajstić information content (AvgIpc) is 2.38. The minimum atomic E-state index is -0.475. The van der Waals surface area contributed by atoms with Crippen LogP contribution in [0.4, 0.5) is 5.82 Å². The van der Waals surface area contributed by atoms with Crippen molar-refractivity contribution in [1.82, 2.24) is 9.97 Å². The Bertz CT molecular complexity index is 622. The molecule has 0 aliphatic rings. The molecular weight excluding hydrogens is 234 g/mol. The van der Waals surface area contributed by atoms with E-state index in [1.165, 1.54) is 6.20 Å². The summed E-state index contributed by atoms with van der Waals surface area (Å²) >= 11 is 0. The summed E-state index contributed by atoms with van der Waals surface area (Å²) in [7, 11) is 3.11. The summed E-state index contributed by atoms with van der Waals surface area (Å²) in [4.78, 5) is 17.1. The third-order valence-electron chi connectivity index (χ3n) is 2.54. The highest BCUT2D eigenvalue weighted by atomic mass is 16.5. The van der Waals surface area contributed by atoms with Gasteiger partial charge in [-0.3, -0.25) is 4.98 Å². The molecule has 2 rings (SSSR count). The number of methoxy groups -OCH3 is 2. The van der Waals surface area contributed by atoms with Crippen LogP contribution < -0.4 is 20.9 Å². The van der Waals surface area contributed by atoms with E-state index < -0.39 is 5.69 Å². The van der Waals surface area contributed by atoms with Crippen molar-refractivity contribution < 1.29 is 9.47 Å². The summed E-state index contributed by atoms with van der Waals surface area (Å²) in [5, 5.41) is 0. The molecule has 3 N–H and O–H groups in total. The number of aromatic nitrogens is 2. The van der Waals surface area contributed by atoms with Gasteiger partial charge in [-0.05, 0) is 17.7 Å². The number of anilines is 1. The van der Waals surface area contributed by atoms with Crippen molar-refractivity contribution in [3.63, 3.8) is 0 Å². The lowest BCUT2D eigenvalue weighted by Gasteiger charge is -2.10. The largest absolute Gasteiger partial charge is 0.493 e. The van der Waals surface area contributed by atoms with Crippen LogP contribution >= 0.6 is 0 Å². The van der Waals surface area contributed by atoms with Crippen LogP contribution in [0.1, 0.15) is 0 Å². The van der Waals surface area contributed by atoms with E-state index in [-0.39, 0.29) is 5.82 Å².